The molecule has 0 atom stereocenters. The van der Waals surface area contributed by atoms with Gasteiger partial charge in [-0.25, -0.2) is 0 Å². The van der Waals surface area contributed by atoms with E-state index in [1.807, 2.05) is 18.3 Å². The van der Waals surface area contributed by atoms with E-state index in [-0.39, 0.29) is 0 Å². The second kappa shape index (κ2) is 5.87. The van der Waals surface area contributed by atoms with E-state index in [4.69, 9.17) is 0 Å². The molecule has 19 heavy (non-hydrogen) atoms. The highest BCUT2D eigenvalue weighted by molar-refractivity contribution is 9.09. The Morgan fingerprint density at radius 2 is 2.00 bits per heavy atom. The topological polar surface area (TPSA) is 29.0 Å². The number of anilines is 1. The molecule has 3 rings (SSSR count). The Kier molecular flexibility index (Phi) is 3.97. The first kappa shape index (κ1) is 12.9. The fraction of sp³-hybridized carbons (Fsp3) is 0.467. The number of hydrogen-bond donors (Lipinski definition) is 0. The average molecular weight is 320 g/mol. The fourth-order valence-electron chi connectivity index (χ4n) is 3.03. The third kappa shape index (κ3) is 2.59. The number of benzene rings is 1. The summed E-state index contributed by atoms with van der Waals surface area (Å²) < 4.78 is 0. The summed E-state index contributed by atoms with van der Waals surface area (Å²) in [5.41, 5.74) is 2.22. The van der Waals surface area contributed by atoms with Crippen LogP contribution < -0.4 is 4.90 Å². The zero-order valence-electron chi connectivity index (χ0n) is 10.9. The van der Waals surface area contributed by atoms with Crippen LogP contribution in [0.3, 0.4) is 0 Å². The van der Waals surface area contributed by atoms with Crippen molar-refractivity contribution in [1.29, 1.82) is 0 Å². The number of alkyl halides is 1. The first-order valence-corrected chi connectivity index (χ1v) is 8.05. The first-order chi connectivity index (χ1) is 9.40. The maximum Gasteiger partial charge on any atom is 0.0950 e. The molecule has 1 aromatic carbocycles. The largest absolute Gasteiger partial charge is 0.366 e. The van der Waals surface area contributed by atoms with E-state index in [0.29, 0.717) is 6.04 Å². The molecule has 1 fully saturated rings. The molecule has 1 heterocycles. The van der Waals surface area contributed by atoms with Gasteiger partial charge < -0.3 is 4.90 Å². The van der Waals surface area contributed by atoms with Crippen molar-refractivity contribution in [2.24, 2.45) is 0 Å². The summed E-state index contributed by atoms with van der Waals surface area (Å²) in [6.45, 7) is 1.03. The summed E-state index contributed by atoms with van der Waals surface area (Å²) in [5, 5.41) is 10.6. The zero-order chi connectivity index (χ0) is 13.1. The van der Waals surface area contributed by atoms with Crippen molar-refractivity contribution in [3.05, 3.63) is 30.5 Å². The van der Waals surface area contributed by atoms with E-state index in [0.717, 1.165) is 17.4 Å². The van der Waals surface area contributed by atoms with Gasteiger partial charge in [-0.05, 0) is 18.9 Å². The van der Waals surface area contributed by atoms with Crippen LogP contribution in [0.2, 0.25) is 0 Å². The van der Waals surface area contributed by atoms with E-state index >= 15 is 0 Å². The number of hydrogen-bond acceptors (Lipinski definition) is 3. The molecule has 0 aliphatic heterocycles. The molecule has 1 aromatic heterocycles. The van der Waals surface area contributed by atoms with Gasteiger partial charge in [-0.15, -0.1) is 0 Å². The molecular formula is C15H18BrN3. The molecule has 1 saturated carbocycles. The summed E-state index contributed by atoms with van der Waals surface area (Å²) in [6, 6.07) is 8.94. The van der Waals surface area contributed by atoms with Gasteiger partial charge in [-0.1, -0.05) is 47.0 Å². The lowest BCUT2D eigenvalue weighted by molar-refractivity contribution is 0.623. The molecule has 1 aliphatic carbocycles. The molecule has 0 radical (unpaired) electrons. The quantitative estimate of drug-likeness (QED) is 0.803. The molecular weight excluding hydrogens is 302 g/mol. The van der Waals surface area contributed by atoms with Crippen LogP contribution in [0.4, 0.5) is 5.69 Å². The molecule has 0 bridgehead atoms. The van der Waals surface area contributed by atoms with E-state index < -0.39 is 0 Å². The van der Waals surface area contributed by atoms with Gasteiger partial charge in [0.05, 0.1) is 17.4 Å². The molecule has 0 spiro atoms. The summed E-state index contributed by atoms with van der Waals surface area (Å²) >= 11 is 3.58. The molecule has 0 amide bonds. The van der Waals surface area contributed by atoms with Crippen molar-refractivity contribution in [2.75, 3.05) is 16.8 Å². The van der Waals surface area contributed by atoms with Crippen molar-refractivity contribution < 1.29 is 0 Å². The number of aromatic nitrogens is 2. The van der Waals surface area contributed by atoms with Gasteiger partial charge in [0.25, 0.3) is 0 Å². The Hall–Kier alpha value is -1.16. The van der Waals surface area contributed by atoms with Crippen LogP contribution >= 0.6 is 15.9 Å². The van der Waals surface area contributed by atoms with E-state index in [9.17, 15) is 0 Å². The van der Waals surface area contributed by atoms with Crippen molar-refractivity contribution in [3.63, 3.8) is 0 Å². The average Bonchev–Trinajstić information content (AvgIpc) is 2.98. The summed E-state index contributed by atoms with van der Waals surface area (Å²) in [4.78, 5) is 2.51. The van der Waals surface area contributed by atoms with Gasteiger partial charge in [0.1, 0.15) is 0 Å². The van der Waals surface area contributed by atoms with Crippen molar-refractivity contribution in [2.45, 2.75) is 31.7 Å². The molecule has 100 valence electrons. The minimum atomic E-state index is 0.658. The predicted molar refractivity (Wildman–Crippen MR) is 82.9 cm³/mol. The molecule has 2 aromatic rings. The monoisotopic (exact) mass is 319 g/mol. The van der Waals surface area contributed by atoms with Gasteiger partial charge in [-0.3, -0.25) is 0 Å². The maximum absolute atomic E-state index is 4.22. The van der Waals surface area contributed by atoms with Crippen LogP contribution in [0.5, 0.6) is 0 Å². The van der Waals surface area contributed by atoms with Crippen molar-refractivity contribution in [3.8, 4) is 0 Å². The smallest absolute Gasteiger partial charge is 0.0950 e. The van der Waals surface area contributed by atoms with Gasteiger partial charge in [0, 0.05) is 23.3 Å². The number of nitrogens with zero attached hydrogens (tertiary/aromatic N) is 3. The lowest BCUT2D eigenvalue weighted by atomic mass is 10.1. The highest BCUT2D eigenvalue weighted by atomic mass is 79.9. The van der Waals surface area contributed by atoms with Gasteiger partial charge in [0.15, 0.2) is 0 Å². The van der Waals surface area contributed by atoms with Crippen LogP contribution in [-0.2, 0) is 0 Å². The first-order valence-electron chi connectivity index (χ1n) is 6.93. The summed E-state index contributed by atoms with van der Waals surface area (Å²) in [5.74, 6) is 0. The van der Waals surface area contributed by atoms with E-state index in [2.05, 4.69) is 43.2 Å². The second-order valence-electron chi connectivity index (χ2n) is 5.07. The Balaban J connectivity index is 2.03. The van der Waals surface area contributed by atoms with Crippen LogP contribution in [-0.4, -0.2) is 28.1 Å². The highest BCUT2D eigenvalue weighted by Gasteiger charge is 2.23. The minimum Gasteiger partial charge on any atom is -0.366 e. The third-order valence-electron chi connectivity index (χ3n) is 3.93. The number of halogens is 1. The van der Waals surface area contributed by atoms with Gasteiger partial charge >= 0.3 is 0 Å². The Bertz CT molecular complexity index is 547. The second-order valence-corrected chi connectivity index (χ2v) is 5.86. The van der Waals surface area contributed by atoms with Crippen LogP contribution in [0, 0.1) is 0 Å². The van der Waals surface area contributed by atoms with E-state index in [1.54, 1.807) is 0 Å². The standard InChI is InChI=1S/C15H18BrN3/c16-9-10-19(12-5-1-2-6-12)15-11-17-18-14-8-4-3-7-13(14)15/h3-4,7-8,11-12H,1-2,5-6,9-10H2. The Morgan fingerprint density at radius 3 is 2.79 bits per heavy atom. The van der Waals surface area contributed by atoms with Gasteiger partial charge in [-0.2, -0.15) is 10.2 Å². The predicted octanol–water partition coefficient (Wildman–Crippen LogP) is 3.77. The molecule has 0 N–H and O–H groups in total. The van der Waals surface area contributed by atoms with Crippen LogP contribution in [0.15, 0.2) is 30.5 Å². The molecule has 0 unspecified atom stereocenters. The highest BCUT2D eigenvalue weighted by Crippen LogP contribution is 2.31. The molecule has 3 nitrogen and oxygen atoms in total. The molecule has 4 heteroatoms. The molecule has 1 aliphatic rings. The Labute approximate surface area is 122 Å². The normalized spacial score (nSPS) is 16.1. The minimum absolute atomic E-state index is 0.658. The SMILES string of the molecule is BrCCN(c1cnnc2ccccc12)C1CCCC1. The fourth-order valence-corrected chi connectivity index (χ4v) is 3.41. The van der Waals surface area contributed by atoms with Crippen LogP contribution in [0.1, 0.15) is 25.7 Å². The third-order valence-corrected chi connectivity index (χ3v) is 4.28. The zero-order valence-corrected chi connectivity index (χ0v) is 12.5. The van der Waals surface area contributed by atoms with Crippen LogP contribution in [0.25, 0.3) is 10.9 Å². The Morgan fingerprint density at radius 1 is 1.21 bits per heavy atom. The molecule has 0 saturated heterocycles. The maximum atomic E-state index is 4.22. The lowest BCUT2D eigenvalue weighted by Crippen LogP contribution is -2.35. The summed E-state index contributed by atoms with van der Waals surface area (Å²) in [7, 11) is 0. The summed E-state index contributed by atoms with van der Waals surface area (Å²) in [6.07, 6.45) is 7.20. The van der Waals surface area contributed by atoms with Gasteiger partial charge in [0.2, 0.25) is 0 Å². The van der Waals surface area contributed by atoms with Crippen molar-refractivity contribution in [1.82, 2.24) is 10.2 Å². The van der Waals surface area contributed by atoms with E-state index in [1.165, 1.54) is 36.8 Å². The van der Waals surface area contributed by atoms with Crippen molar-refractivity contribution >= 4 is 32.5 Å². The number of rotatable bonds is 4. The lowest BCUT2D eigenvalue weighted by Gasteiger charge is -2.31. The number of fused-ring (bicyclic) bond motifs is 1.